The Morgan fingerprint density at radius 3 is 2.26 bits per heavy atom. The highest BCUT2D eigenvalue weighted by molar-refractivity contribution is 7.92. The summed E-state index contributed by atoms with van der Waals surface area (Å²) >= 11 is 0. The number of hydrogen-bond acceptors (Lipinski definition) is 5. The molecule has 0 unspecified atom stereocenters. The lowest BCUT2D eigenvalue weighted by Crippen LogP contribution is -2.52. The third kappa shape index (κ3) is 8.46. The number of sulfonamides is 1. The SMILES string of the molecule is COc1cccc(CN(C(=O)CN(c2ccc(C(C)(C)C)cc2)S(C)(=O)=O)[C@@H](C)C(=O)NC2CCCCC2)c1. The van der Waals surface area contributed by atoms with Crippen molar-refractivity contribution in [1.82, 2.24) is 10.2 Å². The van der Waals surface area contributed by atoms with Crippen molar-refractivity contribution < 1.29 is 22.7 Å². The summed E-state index contributed by atoms with van der Waals surface area (Å²) in [7, 11) is -2.22. The minimum Gasteiger partial charge on any atom is -0.497 e. The van der Waals surface area contributed by atoms with Gasteiger partial charge in [0.1, 0.15) is 18.3 Å². The highest BCUT2D eigenvalue weighted by Crippen LogP contribution is 2.26. The van der Waals surface area contributed by atoms with Gasteiger partial charge in [-0.05, 0) is 60.6 Å². The molecule has 2 aromatic rings. The smallest absolute Gasteiger partial charge is 0.244 e. The molecule has 2 aromatic carbocycles. The lowest BCUT2D eigenvalue weighted by Gasteiger charge is -2.33. The van der Waals surface area contributed by atoms with Crippen molar-refractivity contribution >= 4 is 27.5 Å². The second kappa shape index (κ2) is 12.9. The average Bonchev–Trinajstić information content (AvgIpc) is 2.89. The van der Waals surface area contributed by atoms with Crippen LogP contribution in [0.15, 0.2) is 48.5 Å². The van der Waals surface area contributed by atoms with Crippen LogP contribution in [0.5, 0.6) is 5.75 Å². The Hall–Kier alpha value is -3.07. The van der Waals surface area contributed by atoms with E-state index in [-0.39, 0.29) is 23.9 Å². The van der Waals surface area contributed by atoms with E-state index in [1.54, 1.807) is 26.2 Å². The first-order valence-electron chi connectivity index (χ1n) is 13.6. The second-order valence-electron chi connectivity index (χ2n) is 11.5. The molecule has 0 aliphatic heterocycles. The van der Waals surface area contributed by atoms with Gasteiger partial charge in [-0.1, -0.05) is 64.3 Å². The van der Waals surface area contributed by atoms with Gasteiger partial charge < -0.3 is 15.0 Å². The first kappa shape index (κ1) is 30.5. The number of ether oxygens (including phenoxy) is 1. The zero-order chi connectivity index (χ0) is 28.8. The van der Waals surface area contributed by atoms with Crippen LogP contribution in [0.3, 0.4) is 0 Å². The van der Waals surface area contributed by atoms with Crippen molar-refractivity contribution in [3.05, 3.63) is 59.7 Å². The van der Waals surface area contributed by atoms with Gasteiger partial charge >= 0.3 is 0 Å². The van der Waals surface area contributed by atoms with Crippen molar-refractivity contribution in [2.24, 2.45) is 0 Å². The molecule has 3 rings (SSSR count). The van der Waals surface area contributed by atoms with Gasteiger partial charge in [-0.3, -0.25) is 13.9 Å². The maximum absolute atomic E-state index is 13.8. The van der Waals surface area contributed by atoms with Crippen LogP contribution in [0, 0.1) is 0 Å². The Morgan fingerprint density at radius 2 is 1.69 bits per heavy atom. The number of rotatable bonds is 10. The zero-order valence-electron chi connectivity index (χ0n) is 24.1. The summed E-state index contributed by atoms with van der Waals surface area (Å²) in [6.07, 6.45) is 6.25. The number of hydrogen-bond donors (Lipinski definition) is 1. The number of carbonyl (C=O) groups is 2. The summed E-state index contributed by atoms with van der Waals surface area (Å²) in [5.74, 6) is -0.0658. The third-order valence-electron chi connectivity index (χ3n) is 7.31. The standard InChI is InChI=1S/C30H43N3O5S/c1-22(29(35)31-25-12-8-7-9-13-25)32(20-23-11-10-14-27(19-23)38-5)28(34)21-33(39(6,36)37)26-17-15-24(16-18-26)30(2,3)4/h10-11,14-19,22,25H,7-9,12-13,20-21H2,1-6H3,(H,31,35)/t22-/m0/s1. The van der Waals surface area contributed by atoms with Crippen LogP contribution in [-0.4, -0.2) is 57.1 Å². The van der Waals surface area contributed by atoms with Crippen LogP contribution in [0.4, 0.5) is 5.69 Å². The summed E-state index contributed by atoms with van der Waals surface area (Å²) in [6.45, 7) is 7.65. The van der Waals surface area contributed by atoms with Gasteiger partial charge in [-0.15, -0.1) is 0 Å². The molecule has 1 atom stereocenters. The van der Waals surface area contributed by atoms with Crippen LogP contribution in [0.1, 0.15) is 70.9 Å². The fraction of sp³-hybridized carbons (Fsp3) is 0.533. The summed E-state index contributed by atoms with van der Waals surface area (Å²) in [4.78, 5) is 28.6. The van der Waals surface area contributed by atoms with Gasteiger partial charge in [0, 0.05) is 12.6 Å². The zero-order valence-corrected chi connectivity index (χ0v) is 24.9. The first-order chi connectivity index (χ1) is 18.3. The van der Waals surface area contributed by atoms with Gasteiger partial charge in [0.2, 0.25) is 21.8 Å². The molecular weight excluding hydrogens is 514 g/mol. The Labute approximate surface area is 233 Å². The van der Waals surface area contributed by atoms with E-state index < -0.39 is 28.5 Å². The predicted molar refractivity (Wildman–Crippen MR) is 155 cm³/mol. The van der Waals surface area contributed by atoms with E-state index in [4.69, 9.17) is 4.74 Å². The fourth-order valence-corrected chi connectivity index (χ4v) is 5.71. The molecule has 0 bridgehead atoms. The van der Waals surface area contributed by atoms with Crippen molar-refractivity contribution in [3.63, 3.8) is 0 Å². The molecule has 1 aliphatic carbocycles. The molecular formula is C30H43N3O5S. The minimum atomic E-state index is -3.78. The normalized spacial score (nSPS) is 15.3. The number of nitrogens with one attached hydrogen (secondary N) is 1. The summed E-state index contributed by atoms with van der Waals surface area (Å²) in [5, 5.41) is 3.11. The van der Waals surface area contributed by atoms with Crippen LogP contribution >= 0.6 is 0 Å². The van der Waals surface area contributed by atoms with E-state index in [0.717, 1.165) is 47.4 Å². The largest absolute Gasteiger partial charge is 0.497 e. The molecule has 0 heterocycles. The number of nitrogens with zero attached hydrogens (tertiary/aromatic N) is 2. The van der Waals surface area contributed by atoms with Crippen molar-refractivity contribution in [2.45, 2.75) is 83.8 Å². The summed E-state index contributed by atoms with van der Waals surface area (Å²) in [5.41, 5.74) is 2.14. The molecule has 2 amide bonds. The second-order valence-corrected chi connectivity index (χ2v) is 13.4. The molecule has 0 spiro atoms. The van der Waals surface area contributed by atoms with Crippen molar-refractivity contribution in [2.75, 3.05) is 24.2 Å². The lowest BCUT2D eigenvalue weighted by atomic mass is 9.87. The molecule has 1 aliphatic rings. The molecule has 0 saturated heterocycles. The molecule has 214 valence electrons. The Bertz CT molecular complexity index is 1230. The van der Waals surface area contributed by atoms with Crippen molar-refractivity contribution in [3.8, 4) is 5.75 Å². The van der Waals surface area contributed by atoms with Crippen LogP contribution < -0.4 is 14.4 Å². The van der Waals surface area contributed by atoms with Gasteiger partial charge in [-0.2, -0.15) is 0 Å². The van der Waals surface area contributed by atoms with Gasteiger partial charge in [-0.25, -0.2) is 8.42 Å². The minimum absolute atomic E-state index is 0.0938. The average molecular weight is 558 g/mol. The van der Waals surface area contributed by atoms with Gasteiger partial charge in [0.25, 0.3) is 0 Å². The topological polar surface area (TPSA) is 96.0 Å². The van der Waals surface area contributed by atoms with Crippen LogP contribution in [0.2, 0.25) is 0 Å². The lowest BCUT2D eigenvalue weighted by molar-refractivity contribution is -0.139. The monoisotopic (exact) mass is 557 g/mol. The maximum Gasteiger partial charge on any atom is 0.244 e. The molecule has 8 nitrogen and oxygen atoms in total. The quantitative estimate of drug-likeness (QED) is 0.460. The molecule has 9 heteroatoms. The molecule has 0 aromatic heterocycles. The number of anilines is 1. The van der Waals surface area contributed by atoms with E-state index in [1.165, 1.54) is 11.3 Å². The highest BCUT2D eigenvalue weighted by Gasteiger charge is 2.31. The van der Waals surface area contributed by atoms with Crippen molar-refractivity contribution in [1.29, 1.82) is 0 Å². The number of benzene rings is 2. The summed E-state index contributed by atoms with van der Waals surface area (Å²) < 4.78 is 32.1. The number of methoxy groups -OCH3 is 1. The van der Waals surface area contributed by atoms with Crippen LogP contribution in [-0.2, 0) is 31.6 Å². The van der Waals surface area contributed by atoms with E-state index in [2.05, 4.69) is 26.1 Å². The Morgan fingerprint density at radius 1 is 1.05 bits per heavy atom. The van der Waals surface area contributed by atoms with Crippen LogP contribution in [0.25, 0.3) is 0 Å². The molecule has 0 radical (unpaired) electrons. The molecule has 1 fully saturated rings. The number of carbonyl (C=O) groups excluding carboxylic acids is 2. The first-order valence-corrected chi connectivity index (χ1v) is 15.5. The van der Waals surface area contributed by atoms with E-state index >= 15 is 0 Å². The van der Waals surface area contributed by atoms with E-state index in [0.29, 0.717) is 11.4 Å². The Kier molecular flexibility index (Phi) is 10.0. The third-order valence-corrected chi connectivity index (χ3v) is 8.45. The highest BCUT2D eigenvalue weighted by atomic mass is 32.2. The molecule has 1 N–H and O–H groups in total. The predicted octanol–water partition coefficient (Wildman–Crippen LogP) is 4.62. The maximum atomic E-state index is 13.8. The molecule has 39 heavy (non-hydrogen) atoms. The van der Waals surface area contributed by atoms with Gasteiger partial charge in [0.05, 0.1) is 19.1 Å². The van der Waals surface area contributed by atoms with E-state index in [9.17, 15) is 18.0 Å². The molecule has 1 saturated carbocycles. The Balaban J connectivity index is 1.89. The van der Waals surface area contributed by atoms with E-state index in [1.807, 2.05) is 36.4 Å². The summed E-state index contributed by atoms with van der Waals surface area (Å²) in [6, 6.07) is 13.8. The number of amides is 2. The fourth-order valence-electron chi connectivity index (χ4n) is 4.86. The van der Waals surface area contributed by atoms with Gasteiger partial charge in [0.15, 0.2) is 0 Å².